The smallest absolute Gasteiger partial charge is 0.263 e. The lowest BCUT2D eigenvalue weighted by Crippen LogP contribution is -2.42. The van der Waals surface area contributed by atoms with E-state index >= 15 is 0 Å². The second kappa shape index (κ2) is 7.97. The Kier molecular flexibility index (Phi) is 5.49. The molecule has 1 saturated heterocycles. The van der Waals surface area contributed by atoms with Gasteiger partial charge in [-0.25, -0.2) is 0 Å². The van der Waals surface area contributed by atoms with Gasteiger partial charge in [0.15, 0.2) is 6.10 Å². The van der Waals surface area contributed by atoms with Gasteiger partial charge in [0.05, 0.1) is 0 Å². The Labute approximate surface area is 143 Å². The zero-order chi connectivity index (χ0) is 16.8. The lowest BCUT2D eigenvalue weighted by molar-refractivity contribution is -0.137. The number of ether oxygens (including phenoxy) is 1. The maximum atomic E-state index is 12.5. The summed E-state index contributed by atoms with van der Waals surface area (Å²) in [4.78, 5) is 14.4. The van der Waals surface area contributed by atoms with Crippen LogP contribution < -0.4 is 10.1 Å². The number of carbonyl (C=O) groups is 1. The summed E-state index contributed by atoms with van der Waals surface area (Å²) < 4.78 is 5.85. The summed E-state index contributed by atoms with van der Waals surface area (Å²) in [6.07, 6.45) is 0.523. The first-order chi connectivity index (χ1) is 11.7. The minimum Gasteiger partial charge on any atom is -0.481 e. The van der Waals surface area contributed by atoms with Gasteiger partial charge in [0.25, 0.3) is 5.91 Å². The summed E-state index contributed by atoms with van der Waals surface area (Å²) >= 11 is 0. The van der Waals surface area contributed by atoms with E-state index in [0.29, 0.717) is 0 Å². The minimum absolute atomic E-state index is 0.0610. The number of amides is 1. The molecule has 1 fully saturated rings. The molecule has 1 heterocycles. The first-order valence-electron chi connectivity index (χ1n) is 8.56. The summed E-state index contributed by atoms with van der Waals surface area (Å²) in [6.45, 7) is 5.20. The molecule has 126 valence electrons. The largest absolute Gasteiger partial charge is 0.481 e. The molecule has 2 aromatic carbocycles. The Morgan fingerprint density at radius 1 is 1.00 bits per heavy atom. The summed E-state index contributed by atoms with van der Waals surface area (Å²) in [5.74, 6) is 0.786. The molecule has 0 saturated carbocycles. The van der Waals surface area contributed by atoms with Crippen LogP contribution in [0.2, 0.25) is 0 Å². The zero-order valence-electron chi connectivity index (χ0n) is 14.1. The summed E-state index contributed by atoms with van der Waals surface area (Å²) in [5.41, 5.74) is 2.31. The number of benzene rings is 2. The monoisotopic (exact) mass is 324 g/mol. The van der Waals surface area contributed by atoms with Crippen molar-refractivity contribution in [1.82, 2.24) is 10.2 Å². The third-order valence-corrected chi connectivity index (χ3v) is 4.27. The van der Waals surface area contributed by atoms with Crippen molar-refractivity contribution in [2.24, 2.45) is 0 Å². The fourth-order valence-electron chi connectivity index (χ4n) is 2.93. The van der Waals surface area contributed by atoms with Crippen LogP contribution in [-0.2, 0) is 4.79 Å². The van der Waals surface area contributed by atoms with Gasteiger partial charge in [-0.05, 0) is 43.1 Å². The average molecular weight is 324 g/mol. The molecule has 1 unspecified atom stereocenters. The van der Waals surface area contributed by atoms with Crippen molar-refractivity contribution in [1.29, 1.82) is 0 Å². The standard InChI is InChI=1S/C20H24N2O2/c1-16(20(23)22-14-5-12-21-13-15-22)24-19-10-8-18(9-11-19)17-6-3-2-4-7-17/h2-4,6-11,16,21H,5,12-15H2,1H3. The van der Waals surface area contributed by atoms with Crippen molar-refractivity contribution >= 4 is 5.91 Å². The molecular weight excluding hydrogens is 300 g/mol. The summed E-state index contributed by atoms with van der Waals surface area (Å²) in [5, 5.41) is 3.31. The highest BCUT2D eigenvalue weighted by Crippen LogP contribution is 2.22. The SMILES string of the molecule is CC(Oc1ccc(-c2ccccc2)cc1)C(=O)N1CCCNCC1. The molecule has 0 radical (unpaired) electrons. The molecule has 24 heavy (non-hydrogen) atoms. The van der Waals surface area contributed by atoms with Crippen LogP contribution in [0.3, 0.4) is 0 Å². The third-order valence-electron chi connectivity index (χ3n) is 4.27. The van der Waals surface area contributed by atoms with Crippen LogP contribution in [0.25, 0.3) is 11.1 Å². The Balaban J connectivity index is 1.61. The molecule has 0 bridgehead atoms. The lowest BCUT2D eigenvalue weighted by atomic mass is 10.1. The van der Waals surface area contributed by atoms with E-state index in [1.54, 1.807) is 0 Å². The van der Waals surface area contributed by atoms with Crippen LogP contribution in [0, 0.1) is 0 Å². The topological polar surface area (TPSA) is 41.6 Å². The van der Waals surface area contributed by atoms with Gasteiger partial charge in [-0.2, -0.15) is 0 Å². The lowest BCUT2D eigenvalue weighted by Gasteiger charge is -2.24. The maximum absolute atomic E-state index is 12.5. The molecular formula is C20H24N2O2. The van der Waals surface area contributed by atoms with E-state index < -0.39 is 6.10 Å². The fraction of sp³-hybridized carbons (Fsp3) is 0.350. The van der Waals surface area contributed by atoms with Crippen molar-refractivity contribution in [3.8, 4) is 16.9 Å². The molecule has 2 aromatic rings. The molecule has 1 aliphatic heterocycles. The van der Waals surface area contributed by atoms with Gasteiger partial charge in [-0.15, -0.1) is 0 Å². The number of nitrogens with one attached hydrogen (secondary N) is 1. The van der Waals surface area contributed by atoms with E-state index in [-0.39, 0.29) is 5.91 Å². The Morgan fingerprint density at radius 3 is 2.46 bits per heavy atom. The molecule has 3 rings (SSSR count). The van der Waals surface area contributed by atoms with Gasteiger partial charge in [-0.1, -0.05) is 42.5 Å². The first-order valence-corrected chi connectivity index (χ1v) is 8.56. The first kappa shape index (κ1) is 16.5. The highest BCUT2D eigenvalue weighted by atomic mass is 16.5. The normalized spacial score (nSPS) is 16.3. The van der Waals surface area contributed by atoms with Crippen molar-refractivity contribution in [3.05, 3.63) is 54.6 Å². The molecule has 1 aliphatic rings. The molecule has 4 heteroatoms. The van der Waals surface area contributed by atoms with Crippen molar-refractivity contribution < 1.29 is 9.53 Å². The van der Waals surface area contributed by atoms with Gasteiger partial charge in [0.2, 0.25) is 0 Å². The van der Waals surface area contributed by atoms with E-state index in [9.17, 15) is 4.79 Å². The molecule has 1 amide bonds. The maximum Gasteiger partial charge on any atom is 0.263 e. The minimum atomic E-state index is -0.467. The van der Waals surface area contributed by atoms with E-state index in [2.05, 4.69) is 17.4 Å². The molecule has 1 atom stereocenters. The number of hydrogen-bond acceptors (Lipinski definition) is 3. The summed E-state index contributed by atoms with van der Waals surface area (Å²) in [6, 6.07) is 18.1. The highest BCUT2D eigenvalue weighted by Gasteiger charge is 2.22. The third kappa shape index (κ3) is 4.15. The van der Waals surface area contributed by atoms with E-state index in [1.807, 2.05) is 54.3 Å². The second-order valence-corrected chi connectivity index (χ2v) is 6.08. The molecule has 0 aromatic heterocycles. The number of rotatable bonds is 4. The predicted octanol–water partition coefficient (Wildman–Crippen LogP) is 2.94. The van der Waals surface area contributed by atoms with E-state index in [4.69, 9.17) is 4.74 Å². The van der Waals surface area contributed by atoms with Gasteiger partial charge < -0.3 is 15.0 Å². The zero-order valence-corrected chi connectivity index (χ0v) is 14.1. The van der Waals surface area contributed by atoms with Gasteiger partial charge >= 0.3 is 0 Å². The van der Waals surface area contributed by atoms with Crippen molar-refractivity contribution in [2.75, 3.05) is 26.2 Å². The Morgan fingerprint density at radius 2 is 1.71 bits per heavy atom. The van der Waals surface area contributed by atoms with E-state index in [1.165, 1.54) is 5.56 Å². The van der Waals surface area contributed by atoms with Crippen LogP contribution in [0.15, 0.2) is 54.6 Å². The van der Waals surface area contributed by atoms with Crippen LogP contribution in [0.1, 0.15) is 13.3 Å². The van der Waals surface area contributed by atoms with Crippen molar-refractivity contribution in [2.45, 2.75) is 19.4 Å². The van der Waals surface area contributed by atoms with Crippen LogP contribution in [-0.4, -0.2) is 43.1 Å². The van der Waals surface area contributed by atoms with E-state index in [0.717, 1.165) is 43.9 Å². The average Bonchev–Trinajstić information content (AvgIpc) is 2.92. The molecule has 1 N–H and O–H groups in total. The molecule has 0 aliphatic carbocycles. The van der Waals surface area contributed by atoms with Crippen LogP contribution in [0.5, 0.6) is 5.75 Å². The quantitative estimate of drug-likeness (QED) is 0.940. The highest BCUT2D eigenvalue weighted by molar-refractivity contribution is 5.81. The Hall–Kier alpha value is -2.33. The predicted molar refractivity (Wildman–Crippen MR) is 96.0 cm³/mol. The summed E-state index contributed by atoms with van der Waals surface area (Å²) in [7, 11) is 0. The van der Waals surface area contributed by atoms with Crippen LogP contribution in [0.4, 0.5) is 0 Å². The van der Waals surface area contributed by atoms with Crippen LogP contribution >= 0.6 is 0 Å². The molecule has 4 nitrogen and oxygen atoms in total. The number of hydrogen-bond donors (Lipinski definition) is 1. The second-order valence-electron chi connectivity index (χ2n) is 6.08. The van der Waals surface area contributed by atoms with Gasteiger partial charge in [-0.3, -0.25) is 4.79 Å². The van der Waals surface area contributed by atoms with Crippen molar-refractivity contribution in [3.63, 3.8) is 0 Å². The number of nitrogens with zero attached hydrogens (tertiary/aromatic N) is 1. The van der Waals surface area contributed by atoms with Gasteiger partial charge in [0.1, 0.15) is 5.75 Å². The molecule has 0 spiro atoms. The number of carbonyl (C=O) groups excluding carboxylic acids is 1. The Bertz CT molecular complexity index is 647. The fourth-order valence-corrected chi connectivity index (χ4v) is 2.93. The van der Waals surface area contributed by atoms with Gasteiger partial charge in [0, 0.05) is 19.6 Å².